The number of aliphatic carboxylic acids is 1. The number of sulfonamides is 2. The number of carboxylic acid groups (broad SMARTS) is 1. The average molecular weight is 941 g/mol. The number of fused-ring (bicyclic) bond motifs is 16. The highest BCUT2D eigenvalue weighted by Gasteiger charge is 2.47. The number of hydrogen-bond donors (Lipinski definition) is 5. The normalized spacial score (nSPS) is 28.9. The Morgan fingerprint density at radius 3 is 1.35 bits per heavy atom. The minimum atomic E-state index is -3.87. The molecule has 8 aliphatic rings. The number of methoxy groups -OCH3 is 1. The Morgan fingerprint density at radius 2 is 0.969 bits per heavy atom. The van der Waals surface area contributed by atoms with Gasteiger partial charge in [-0.25, -0.2) is 35.9 Å². The third kappa shape index (κ3) is 11.6. The molecular weight excluding hydrogens is 881 g/mol. The maximum atomic E-state index is 13.7. The zero-order chi connectivity index (χ0) is 46.5. The van der Waals surface area contributed by atoms with Gasteiger partial charge in [-0.15, -0.1) is 0 Å². The fourth-order valence-corrected chi connectivity index (χ4v) is 12.7. The van der Waals surface area contributed by atoms with Gasteiger partial charge >= 0.3 is 11.9 Å². The van der Waals surface area contributed by atoms with Crippen LogP contribution in [0.4, 0.5) is 0 Å². The molecule has 2 aromatic rings. The van der Waals surface area contributed by atoms with Crippen LogP contribution in [0.3, 0.4) is 0 Å². The number of carbonyl (C=O) groups is 6. The summed E-state index contributed by atoms with van der Waals surface area (Å²) in [4.78, 5) is 80.0. The van der Waals surface area contributed by atoms with Gasteiger partial charge in [0.2, 0.25) is 43.7 Å². The van der Waals surface area contributed by atoms with Crippen molar-refractivity contribution in [3.8, 4) is 0 Å². The summed E-state index contributed by atoms with van der Waals surface area (Å²) in [5.41, 5.74) is 1.67. The molecule has 2 aromatic carbocycles. The molecule has 2 saturated carbocycles. The van der Waals surface area contributed by atoms with Gasteiger partial charge in [-0.1, -0.05) is 62.8 Å². The van der Waals surface area contributed by atoms with E-state index in [-0.39, 0.29) is 78.1 Å². The van der Waals surface area contributed by atoms with Gasteiger partial charge in [0.05, 0.1) is 16.9 Å². The van der Waals surface area contributed by atoms with E-state index in [0.717, 1.165) is 75.3 Å². The number of carboxylic acids is 1. The third-order valence-electron chi connectivity index (χ3n) is 13.7. The van der Waals surface area contributed by atoms with Crippen LogP contribution >= 0.6 is 0 Å². The second-order valence-electron chi connectivity index (χ2n) is 18.2. The van der Waals surface area contributed by atoms with Gasteiger partial charge in [-0.3, -0.25) is 19.2 Å². The first kappa shape index (κ1) is 48.0. The maximum Gasteiger partial charge on any atom is 0.328 e. The highest BCUT2D eigenvalue weighted by molar-refractivity contribution is 7.89. The van der Waals surface area contributed by atoms with Crippen LogP contribution in [0.2, 0.25) is 0 Å². The summed E-state index contributed by atoms with van der Waals surface area (Å²) in [5, 5.41) is 15.6. The largest absolute Gasteiger partial charge is 0.480 e. The van der Waals surface area contributed by atoms with E-state index in [9.17, 15) is 50.7 Å². The molecule has 0 spiro atoms. The van der Waals surface area contributed by atoms with E-state index in [1.807, 2.05) is 0 Å². The fraction of sp³-hybridized carbons (Fsp3) is 0.600. The number of esters is 1. The molecule has 6 atom stereocenters. The second-order valence-corrected chi connectivity index (χ2v) is 21.6. The fourth-order valence-electron chi connectivity index (χ4n) is 10.2. The molecule has 5 N–H and O–H groups in total. The van der Waals surface area contributed by atoms with Crippen molar-refractivity contribution in [2.45, 2.75) is 149 Å². The van der Waals surface area contributed by atoms with Crippen molar-refractivity contribution in [2.24, 2.45) is 11.8 Å². The Balaban J connectivity index is 0.000000194. The number of carbonyl (C=O) groups excluding carboxylic acids is 5. The number of benzene rings is 2. The Hall–Kier alpha value is -4.92. The van der Waals surface area contributed by atoms with Gasteiger partial charge in [0.25, 0.3) is 0 Å². The summed E-state index contributed by atoms with van der Waals surface area (Å²) in [6.45, 7) is -0.0127. The predicted octanol–water partition coefficient (Wildman–Crippen LogP) is 2.15. The molecule has 20 heteroatoms. The SMILES string of the molecule is COC(=O)C1C[C@@H]2CN1C(=O)C(C1CCCCC1)NC(=O)CCc1ccc(cc1)S(=O)(=O)N2.O=C1CCc2ccc(cc2)S(=O)(=O)N[C@@H]2CC(C(=O)O)N(C2)C(=O)C(C2CCCCC2)N1. The maximum absolute atomic E-state index is 13.7. The summed E-state index contributed by atoms with van der Waals surface area (Å²) in [6.07, 6.45) is 10.6. The van der Waals surface area contributed by atoms with E-state index in [1.54, 1.807) is 24.3 Å². The summed E-state index contributed by atoms with van der Waals surface area (Å²) in [5.74, 6) is -3.12. The third-order valence-corrected chi connectivity index (χ3v) is 16.8. The van der Waals surface area contributed by atoms with Gasteiger partial charge in [-0.2, -0.15) is 0 Å². The topological polar surface area (TPSA) is 255 Å². The number of hydrogen-bond acceptors (Lipinski definition) is 11. The number of rotatable bonds is 4. The van der Waals surface area contributed by atoms with Crippen molar-refractivity contribution in [3.63, 3.8) is 0 Å². The molecule has 6 aliphatic heterocycles. The van der Waals surface area contributed by atoms with E-state index in [2.05, 4.69) is 20.1 Å². The molecule has 4 fully saturated rings. The Kier molecular flexibility index (Phi) is 15.3. The van der Waals surface area contributed by atoms with Crippen molar-refractivity contribution in [3.05, 3.63) is 59.7 Å². The lowest BCUT2D eigenvalue weighted by Crippen LogP contribution is -2.55. The van der Waals surface area contributed by atoms with Gasteiger partial charge < -0.3 is 30.3 Å². The van der Waals surface area contributed by atoms with Crippen molar-refractivity contribution in [1.82, 2.24) is 29.9 Å². The van der Waals surface area contributed by atoms with Crippen LogP contribution in [-0.4, -0.2) is 124 Å². The smallest absolute Gasteiger partial charge is 0.328 e. The molecule has 0 aromatic heterocycles. The first-order valence-electron chi connectivity index (χ1n) is 22.8. The molecule has 2 aliphatic carbocycles. The zero-order valence-corrected chi connectivity index (χ0v) is 38.2. The number of amides is 4. The van der Waals surface area contributed by atoms with Gasteiger partial charge in [-0.05, 0) is 98.6 Å². The van der Waals surface area contributed by atoms with Crippen molar-refractivity contribution >= 4 is 55.6 Å². The lowest BCUT2D eigenvalue weighted by molar-refractivity contribution is -0.152. The molecular formula is C45H60N6O12S2. The van der Waals surface area contributed by atoms with E-state index in [0.29, 0.717) is 12.8 Å². The molecule has 6 heterocycles. The zero-order valence-electron chi connectivity index (χ0n) is 36.6. The molecule has 4 amide bonds. The average Bonchev–Trinajstić information content (AvgIpc) is 3.92. The Bertz CT molecular complexity index is 2320. The van der Waals surface area contributed by atoms with Gasteiger partial charge in [0.1, 0.15) is 24.2 Å². The van der Waals surface area contributed by atoms with Crippen LogP contribution in [0.25, 0.3) is 0 Å². The molecule has 0 radical (unpaired) electrons. The lowest BCUT2D eigenvalue weighted by atomic mass is 9.83. The molecule has 4 unspecified atom stereocenters. The van der Waals surface area contributed by atoms with E-state index >= 15 is 0 Å². The van der Waals surface area contributed by atoms with Crippen molar-refractivity contribution in [2.75, 3.05) is 20.2 Å². The predicted molar refractivity (Wildman–Crippen MR) is 235 cm³/mol. The lowest BCUT2D eigenvalue weighted by Gasteiger charge is -2.34. The minimum absolute atomic E-state index is 0.0150. The quantitative estimate of drug-likeness (QED) is 0.277. The minimum Gasteiger partial charge on any atom is -0.480 e. The molecule has 18 nitrogen and oxygen atoms in total. The molecule has 65 heavy (non-hydrogen) atoms. The number of nitrogens with zero attached hydrogens (tertiary/aromatic N) is 2. The molecule has 354 valence electrons. The monoisotopic (exact) mass is 940 g/mol. The van der Waals surface area contributed by atoms with Crippen LogP contribution < -0.4 is 20.1 Å². The van der Waals surface area contributed by atoms with Crippen molar-refractivity contribution in [1.29, 1.82) is 0 Å². The highest BCUT2D eigenvalue weighted by Crippen LogP contribution is 2.32. The Morgan fingerprint density at radius 1 is 0.585 bits per heavy atom. The summed E-state index contributed by atoms with van der Waals surface area (Å²) in [6, 6.07) is 7.75. The first-order valence-corrected chi connectivity index (χ1v) is 25.7. The Labute approximate surface area is 380 Å². The molecule has 10 rings (SSSR count). The van der Waals surface area contributed by atoms with E-state index in [4.69, 9.17) is 4.74 Å². The van der Waals surface area contributed by atoms with Crippen LogP contribution in [0.15, 0.2) is 58.3 Å². The van der Waals surface area contributed by atoms with E-state index in [1.165, 1.54) is 41.2 Å². The number of ether oxygens (including phenoxy) is 1. The van der Waals surface area contributed by atoms with Crippen LogP contribution in [0.1, 0.15) is 101 Å². The van der Waals surface area contributed by atoms with Crippen molar-refractivity contribution < 1.29 is 55.4 Å². The van der Waals surface area contributed by atoms with Gasteiger partial charge in [0, 0.05) is 38.0 Å². The number of aryl methyl sites for hydroxylation is 2. The van der Waals surface area contributed by atoms with Gasteiger partial charge in [0.15, 0.2) is 0 Å². The molecule has 8 bridgehead atoms. The highest BCUT2D eigenvalue weighted by atomic mass is 32.2. The summed E-state index contributed by atoms with van der Waals surface area (Å²) < 4.78 is 61.6. The van der Waals surface area contributed by atoms with E-state index < -0.39 is 74.1 Å². The van der Waals surface area contributed by atoms with Crippen LogP contribution in [-0.2, 0) is 66.4 Å². The van der Waals surface area contributed by atoms with Crippen LogP contribution in [0, 0.1) is 11.8 Å². The van der Waals surface area contributed by atoms with Crippen LogP contribution in [0.5, 0.6) is 0 Å². The standard InChI is InChI=1S/C23H31N3O6S.C22H29N3O6S/c1-32-23(29)19-13-17-14-26(19)22(28)21(16-5-3-2-4-6-16)24-20(27)12-9-15-7-10-18(11-8-15)33(30,31)25-17;26-19-11-8-14-6-9-17(10-7-14)32(30,31)24-16-12-18(22(28)29)25(13-16)21(27)20(23-19)15-4-2-1-3-5-15/h7-8,10-11,16-17,19,21,25H,2-6,9,12-14H2,1H3,(H,24,27);6-7,9-10,15-16,18,20,24H,1-5,8,11-13H2,(H,23,26)(H,28,29)/t17-,19?,21?;16-,18?,20?/m11/s1. The second kappa shape index (κ2) is 20.7. The first-order chi connectivity index (χ1) is 31.0. The summed E-state index contributed by atoms with van der Waals surface area (Å²) >= 11 is 0. The number of nitrogens with one attached hydrogen (secondary N) is 4. The summed E-state index contributed by atoms with van der Waals surface area (Å²) in [7, 11) is -6.47. The molecule has 2 saturated heterocycles.